The Morgan fingerprint density at radius 2 is 1.66 bits per heavy atom. The van der Waals surface area contributed by atoms with Gasteiger partial charge in [-0.3, -0.25) is 4.79 Å². The number of carbonyl (C=O) groups excluding carboxylic acids is 1. The first kappa shape index (κ1) is 21.1. The third kappa shape index (κ3) is 4.36. The molecule has 154 valence electrons. The zero-order chi connectivity index (χ0) is 21.3. The second kappa shape index (κ2) is 8.02. The van der Waals surface area contributed by atoms with Crippen LogP contribution in [0, 0.1) is 33.1 Å². The summed E-state index contributed by atoms with van der Waals surface area (Å²) in [5.41, 5.74) is 8.47. The van der Waals surface area contributed by atoms with Gasteiger partial charge in [-0.1, -0.05) is 39.0 Å². The molecule has 0 unspecified atom stereocenters. The molecule has 0 fully saturated rings. The number of hydrogen-bond donors (Lipinski definition) is 1. The molecule has 0 atom stereocenters. The molecule has 0 aliphatic rings. The number of nitrogens with zero attached hydrogens (tertiary/aromatic N) is 2. The molecule has 2 aromatic carbocycles. The van der Waals surface area contributed by atoms with Gasteiger partial charge in [0.15, 0.2) is 0 Å². The highest BCUT2D eigenvalue weighted by atomic mass is 16.2. The minimum atomic E-state index is -0.381. The van der Waals surface area contributed by atoms with Gasteiger partial charge >= 0.3 is 0 Å². The predicted molar refractivity (Wildman–Crippen MR) is 120 cm³/mol. The van der Waals surface area contributed by atoms with E-state index in [1.165, 1.54) is 27.8 Å². The molecule has 29 heavy (non-hydrogen) atoms. The number of aromatic nitrogens is 2. The quantitative estimate of drug-likeness (QED) is 0.663. The zero-order valence-electron chi connectivity index (χ0n) is 18.8. The van der Waals surface area contributed by atoms with Crippen LogP contribution >= 0.6 is 0 Å². The number of carbonyl (C=O) groups is 1. The van der Waals surface area contributed by atoms with Crippen LogP contribution in [0.1, 0.15) is 54.4 Å². The van der Waals surface area contributed by atoms with Crippen LogP contribution in [0.4, 0.5) is 0 Å². The molecular weight excluding hydrogens is 358 g/mol. The molecule has 1 heterocycles. The van der Waals surface area contributed by atoms with E-state index in [-0.39, 0.29) is 11.3 Å². The number of para-hydroxylation sites is 2. The molecule has 0 bridgehead atoms. The lowest BCUT2D eigenvalue weighted by Crippen LogP contribution is -2.36. The van der Waals surface area contributed by atoms with Crippen LogP contribution in [0.25, 0.3) is 11.0 Å². The lowest BCUT2D eigenvalue weighted by molar-refractivity contribution is -0.128. The normalized spacial score (nSPS) is 11.8. The Labute approximate surface area is 174 Å². The van der Waals surface area contributed by atoms with E-state index in [9.17, 15) is 4.79 Å². The topological polar surface area (TPSA) is 46.9 Å². The van der Waals surface area contributed by atoms with Gasteiger partial charge in [0.05, 0.1) is 11.0 Å². The highest BCUT2D eigenvalue weighted by molar-refractivity contribution is 5.81. The van der Waals surface area contributed by atoms with Gasteiger partial charge in [0.1, 0.15) is 5.82 Å². The number of imidazole rings is 1. The first-order valence-corrected chi connectivity index (χ1v) is 10.4. The number of benzene rings is 2. The van der Waals surface area contributed by atoms with E-state index in [2.05, 4.69) is 61.8 Å². The monoisotopic (exact) mass is 391 g/mol. The van der Waals surface area contributed by atoms with Crippen molar-refractivity contribution < 1.29 is 4.79 Å². The lowest BCUT2D eigenvalue weighted by atomic mass is 9.94. The van der Waals surface area contributed by atoms with Crippen molar-refractivity contribution in [2.45, 2.75) is 61.4 Å². The van der Waals surface area contributed by atoms with Crippen molar-refractivity contribution in [3.8, 4) is 0 Å². The molecule has 3 aromatic rings. The Hall–Kier alpha value is -2.62. The molecule has 0 radical (unpaired) electrons. The first-order valence-electron chi connectivity index (χ1n) is 10.4. The Kier molecular flexibility index (Phi) is 5.83. The average molecular weight is 392 g/mol. The molecule has 0 aliphatic carbocycles. The number of fused-ring (bicyclic) bond motifs is 1. The molecule has 0 spiro atoms. The van der Waals surface area contributed by atoms with Crippen molar-refractivity contribution in [2.75, 3.05) is 6.54 Å². The van der Waals surface area contributed by atoms with Crippen molar-refractivity contribution in [3.05, 3.63) is 64.0 Å². The van der Waals surface area contributed by atoms with E-state index in [1.54, 1.807) is 0 Å². The van der Waals surface area contributed by atoms with Crippen molar-refractivity contribution in [1.29, 1.82) is 0 Å². The van der Waals surface area contributed by atoms with Gasteiger partial charge in [-0.15, -0.1) is 0 Å². The van der Waals surface area contributed by atoms with Crippen LogP contribution in [-0.4, -0.2) is 22.0 Å². The zero-order valence-corrected chi connectivity index (χ0v) is 18.8. The molecule has 4 nitrogen and oxygen atoms in total. The van der Waals surface area contributed by atoms with E-state index in [0.29, 0.717) is 13.0 Å². The summed E-state index contributed by atoms with van der Waals surface area (Å²) in [6.45, 7) is 16.0. The van der Waals surface area contributed by atoms with Crippen LogP contribution in [0.15, 0.2) is 30.3 Å². The Bertz CT molecular complexity index is 1030. The summed E-state index contributed by atoms with van der Waals surface area (Å²) in [6.07, 6.45) is 0.708. The highest BCUT2D eigenvalue weighted by Crippen LogP contribution is 2.25. The van der Waals surface area contributed by atoms with Gasteiger partial charge in [-0.2, -0.15) is 0 Å². The molecule has 3 rings (SSSR count). The highest BCUT2D eigenvalue weighted by Gasteiger charge is 2.21. The van der Waals surface area contributed by atoms with Crippen LogP contribution in [0.3, 0.4) is 0 Å². The Morgan fingerprint density at radius 1 is 1.03 bits per heavy atom. The van der Waals surface area contributed by atoms with Gasteiger partial charge in [0.2, 0.25) is 5.91 Å². The molecule has 1 N–H and O–H groups in total. The fraction of sp³-hybridized carbons (Fsp3) is 0.440. The smallest absolute Gasteiger partial charge is 0.225 e. The number of amides is 1. The Morgan fingerprint density at radius 3 is 2.28 bits per heavy atom. The molecule has 4 heteroatoms. The van der Waals surface area contributed by atoms with Crippen LogP contribution in [0.2, 0.25) is 0 Å². The van der Waals surface area contributed by atoms with Crippen molar-refractivity contribution in [2.24, 2.45) is 5.41 Å². The fourth-order valence-electron chi connectivity index (χ4n) is 3.74. The largest absolute Gasteiger partial charge is 0.355 e. The molecular formula is C25H33N3O. The van der Waals surface area contributed by atoms with Crippen LogP contribution in [0.5, 0.6) is 0 Å². The van der Waals surface area contributed by atoms with Gasteiger partial charge in [0, 0.05) is 24.9 Å². The molecule has 1 aromatic heterocycles. The van der Waals surface area contributed by atoms with E-state index >= 15 is 0 Å². The van der Waals surface area contributed by atoms with Gasteiger partial charge < -0.3 is 9.88 Å². The standard InChI is InChI=1S/C25H33N3O/c1-16-14-17(2)19(4)20(18(16)3)15-28-22-11-9-8-10-21(22)27-23(28)12-13-26-24(29)25(5,6)7/h8-11,14H,12-13,15H2,1-7H3,(H,26,29). The van der Waals surface area contributed by atoms with E-state index < -0.39 is 0 Å². The summed E-state index contributed by atoms with van der Waals surface area (Å²) >= 11 is 0. The number of rotatable bonds is 5. The van der Waals surface area contributed by atoms with Gasteiger partial charge in [-0.05, 0) is 67.6 Å². The number of nitrogens with one attached hydrogen (secondary N) is 1. The predicted octanol–water partition coefficient (Wildman–Crippen LogP) is 5.02. The molecule has 0 aliphatic heterocycles. The fourth-order valence-corrected chi connectivity index (χ4v) is 3.74. The summed E-state index contributed by atoms with van der Waals surface area (Å²) in [7, 11) is 0. The van der Waals surface area contributed by atoms with E-state index in [0.717, 1.165) is 23.4 Å². The third-order valence-electron chi connectivity index (χ3n) is 5.89. The number of hydrogen-bond acceptors (Lipinski definition) is 2. The van der Waals surface area contributed by atoms with Crippen molar-refractivity contribution in [3.63, 3.8) is 0 Å². The first-order chi connectivity index (χ1) is 13.6. The summed E-state index contributed by atoms with van der Waals surface area (Å²) in [5.74, 6) is 1.08. The van der Waals surface area contributed by atoms with Crippen LogP contribution in [-0.2, 0) is 17.8 Å². The van der Waals surface area contributed by atoms with Crippen LogP contribution < -0.4 is 5.32 Å². The average Bonchev–Trinajstić information content (AvgIpc) is 3.00. The summed E-state index contributed by atoms with van der Waals surface area (Å²) in [4.78, 5) is 17.1. The second-order valence-electron chi connectivity index (χ2n) is 9.10. The van der Waals surface area contributed by atoms with Crippen molar-refractivity contribution in [1.82, 2.24) is 14.9 Å². The SMILES string of the molecule is Cc1cc(C)c(C)c(Cn2c(CCNC(=O)C(C)(C)C)nc3ccccc32)c1C. The maximum absolute atomic E-state index is 12.2. The third-order valence-corrected chi connectivity index (χ3v) is 5.89. The number of aryl methyl sites for hydroxylation is 2. The molecule has 0 saturated heterocycles. The van der Waals surface area contributed by atoms with E-state index in [4.69, 9.17) is 4.98 Å². The van der Waals surface area contributed by atoms with Crippen molar-refractivity contribution >= 4 is 16.9 Å². The maximum Gasteiger partial charge on any atom is 0.225 e. The summed E-state index contributed by atoms with van der Waals surface area (Å²) in [6, 6.07) is 10.5. The minimum absolute atomic E-state index is 0.0705. The van der Waals surface area contributed by atoms with E-state index in [1.807, 2.05) is 26.8 Å². The summed E-state index contributed by atoms with van der Waals surface area (Å²) < 4.78 is 2.31. The minimum Gasteiger partial charge on any atom is -0.355 e. The molecule has 1 amide bonds. The lowest BCUT2D eigenvalue weighted by Gasteiger charge is -2.19. The second-order valence-corrected chi connectivity index (χ2v) is 9.10. The van der Waals surface area contributed by atoms with Gasteiger partial charge in [0.25, 0.3) is 0 Å². The summed E-state index contributed by atoms with van der Waals surface area (Å²) in [5, 5.41) is 3.06. The molecule has 0 saturated carbocycles. The Balaban J connectivity index is 1.96. The van der Waals surface area contributed by atoms with Gasteiger partial charge in [-0.25, -0.2) is 4.98 Å². The maximum atomic E-state index is 12.2.